The van der Waals surface area contributed by atoms with E-state index in [1.807, 2.05) is 12.1 Å². The molecule has 0 aliphatic carbocycles. The van der Waals surface area contributed by atoms with Crippen LogP contribution in [0.2, 0.25) is 0 Å². The van der Waals surface area contributed by atoms with Crippen molar-refractivity contribution in [3.63, 3.8) is 0 Å². The molecular formula is C28H29N3O2. The molecule has 0 aromatic heterocycles. The zero-order valence-electron chi connectivity index (χ0n) is 19.0. The molecule has 3 aromatic rings. The molecule has 5 nitrogen and oxygen atoms in total. The molecule has 1 aliphatic rings. The average Bonchev–Trinajstić information content (AvgIpc) is 2.88. The number of carbonyl (C=O) groups excluding carboxylic acids is 1. The maximum atomic E-state index is 12.4. The topological polar surface area (TPSA) is 65.4 Å². The Morgan fingerprint density at radius 2 is 1.61 bits per heavy atom. The predicted octanol–water partition coefficient (Wildman–Crippen LogP) is 4.88. The lowest BCUT2D eigenvalue weighted by Gasteiger charge is -2.32. The number of ether oxygens (including phenoxy) is 1. The number of nitrogens with zero attached hydrogens (tertiary/aromatic N) is 2. The van der Waals surface area contributed by atoms with E-state index in [0.29, 0.717) is 23.6 Å². The molecule has 0 spiro atoms. The SMILES string of the molecule is COc1ccc(C(=O)NCc2ccc(C3CCN(Cc4ccc(C#N)cc4)CC3)cc2)cc1. The van der Waals surface area contributed by atoms with Gasteiger partial charge in [0.1, 0.15) is 5.75 Å². The molecule has 1 fully saturated rings. The van der Waals surface area contributed by atoms with E-state index < -0.39 is 0 Å². The zero-order chi connectivity index (χ0) is 23.0. The summed E-state index contributed by atoms with van der Waals surface area (Å²) in [4.78, 5) is 14.8. The van der Waals surface area contributed by atoms with Crippen LogP contribution in [0.3, 0.4) is 0 Å². The Bertz CT molecular complexity index is 1090. The average molecular weight is 440 g/mol. The van der Waals surface area contributed by atoms with Gasteiger partial charge in [-0.2, -0.15) is 5.26 Å². The van der Waals surface area contributed by atoms with Crippen LogP contribution in [0.4, 0.5) is 0 Å². The van der Waals surface area contributed by atoms with Gasteiger partial charge in [-0.15, -0.1) is 0 Å². The maximum Gasteiger partial charge on any atom is 0.251 e. The number of likely N-dealkylation sites (tertiary alicyclic amines) is 1. The van der Waals surface area contributed by atoms with E-state index >= 15 is 0 Å². The summed E-state index contributed by atoms with van der Waals surface area (Å²) >= 11 is 0. The van der Waals surface area contributed by atoms with Crippen LogP contribution in [0.5, 0.6) is 5.75 Å². The first-order valence-corrected chi connectivity index (χ1v) is 11.4. The Balaban J connectivity index is 1.24. The summed E-state index contributed by atoms with van der Waals surface area (Å²) in [5.74, 6) is 1.23. The quantitative estimate of drug-likeness (QED) is 0.570. The van der Waals surface area contributed by atoms with E-state index in [4.69, 9.17) is 10.00 Å². The van der Waals surface area contributed by atoms with Crippen molar-refractivity contribution in [1.29, 1.82) is 5.26 Å². The molecule has 0 radical (unpaired) electrons. The highest BCUT2D eigenvalue weighted by Gasteiger charge is 2.20. The molecule has 168 valence electrons. The molecule has 0 saturated carbocycles. The highest BCUT2D eigenvalue weighted by Crippen LogP contribution is 2.29. The van der Waals surface area contributed by atoms with Crippen LogP contribution in [0.15, 0.2) is 72.8 Å². The molecular weight excluding hydrogens is 410 g/mol. The summed E-state index contributed by atoms with van der Waals surface area (Å²) < 4.78 is 5.14. The lowest BCUT2D eigenvalue weighted by Crippen LogP contribution is -2.32. The first-order chi connectivity index (χ1) is 16.1. The normalized spacial score (nSPS) is 14.4. The minimum atomic E-state index is -0.0867. The van der Waals surface area contributed by atoms with Gasteiger partial charge in [0.25, 0.3) is 5.91 Å². The minimum absolute atomic E-state index is 0.0867. The number of hydrogen-bond donors (Lipinski definition) is 1. The van der Waals surface area contributed by atoms with Crippen LogP contribution in [0, 0.1) is 11.3 Å². The third-order valence-electron chi connectivity index (χ3n) is 6.33. The van der Waals surface area contributed by atoms with Crippen LogP contribution in [-0.2, 0) is 13.1 Å². The van der Waals surface area contributed by atoms with Crippen molar-refractivity contribution in [2.45, 2.75) is 31.8 Å². The van der Waals surface area contributed by atoms with Crippen molar-refractivity contribution in [2.75, 3.05) is 20.2 Å². The Labute approximate surface area is 195 Å². The van der Waals surface area contributed by atoms with Crippen LogP contribution in [0.1, 0.15) is 51.4 Å². The number of piperidine rings is 1. The van der Waals surface area contributed by atoms with Crippen LogP contribution in [0.25, 0.3) is 0 Å². The molecule has 1 N–H and O–H groups in total. The number of nitrogens with one attached hydrogen (secondary N) is 1. The Kier molecular flexibility index (Phi) is 7.39. The number of methoxy groups -OCH3 is 1. The van der Waals surface area contributed by atoms with Gasteiger partial charge >= 0.3 is 0 Å². The molecule has 1 saturated heterocycles. The molecule has 0 atom stereocenters. The van der Waals surface area contributed by atoms with Gasteiger partial charge in [-0.25, -0.2) is 0 Å². The molecule has 33 heavy (non-hydrogen) atoms. The number of amides is 1. The third-order valence-corrected chi connectivity index (χ3v) is 6.33. The van der Waals surface area contributed by atoms with Crippen LogP contribution >= 0.6 is 0 Å². The third kappa shape index (κ3) is 6.00. The second kappa shape index (κ2) is 10.8. The molecule has 1 heterocycles. The summed E-state index contributed by atoms with van der Waals surface area (Å²) in [5.41, 5.74) is 5.06. The smallest absolute Gasteiger partial charge is 0.251 e. The highest BCUT2D eigenvalue weighted by atomic mass is 16.5. The number of hydrogen-bond acceptors (Lipinski definition) is 4. The van der Waals surface area contributed by atoms with Crippen molar-refractivity contribution in [1.82, 2.24) is 10.2 Å². The van der Waals surface area contributed by atoms with Crippen LogP contribution < -0.4 is 10.1 Å². The van der Waals surface area contributed by atoms with E-state index in [1.165, 1.54) is 11.1 Å². The fourth-order valence-electron chi connectivity index (χ4n) is 4.30. The van der Waals surface area contributed by atoms with Gasteiger partial charge in [0.05, 0.1) is 18.7 Å². The minimum Gasteiger partial charge on any atom is -0.497 e. The van der Waals surface area contributed by atoms with E-state index in [0.717, 1.165) is 43.8 Å². The fraction of sp³-hybridized carbons (Fsp3) is 0.286. The molecule has 1 amide bonds. The molecule has 0 unspecified atom stereocenters. The van der Waals surface area contributed by atoms with Crippen LogP contribution in [-0.4, -0.2) is 31.0 Å². The lowest BCUT2D eigenvalue weighted by atomic mass is 9.89. The predicted molar refractivity (Wildman–Crippen MR) is 129 cm³/mol. The van der Waals surface area contributed by atoms with Crippen molar-refractivity contribution < 1.29 is 9.53 Å². The first-order valence-electron chi connectivity index (χ1n) is 11.4. The number of benzene rings is 3. The number of nitriles is 1. The van der Waals surface area contributed by atoms with Gasteiger partial charge in [0.2, 0.25) is 0 Å². The first kappa shape index (κ1) is 22.6. The Hall–Kier alpha value is -3.62. The maximum absolute atomic E-state index is 12.4. The van der Waals surface area contributed by atoms with Gasteiger partial charge < -0.3 is 10.1 Å². The Morgan fingerprint density at radius 3 is 2.21 bits per heavy atom. The van der Waals surface area contributed by atoms with E-state index in [2.05, 4.69) is 52.7 Å². The van der Waals surface area contributed by atoms with Gasteiger partial charge in [-0.1, -0.05) is 36.4 Å². The van der Waals surface area contributed by atoms with Gasteiger partial charge in [0, 0.05) is 18.7 Å². The standard InChI is InChI=1S/C28H29N3O2/c1-33-27-12-10-26(11-13-27)28(32)30-19-22-6-8-24(9-7-22)25-14-16-31(17-15-25)20-23-4-2-21(18-29)3-5-23/h2-13,25H,14-17,19-20H2,1H3,(H,30,32). The van der Waals surface area contributed by atoms with Gasteiger partial charge in [-0.3, -0.25) is 9.69 Å². The number of rotatable bonds is 7. The summed E-state index contributed by atoms with van der Waals surface area (Å²) in [7, 11) is 1.61. The monoisotopic (exact) mass is 439 g/mol. The van der Waals surface area contributed by atoms with E-state index in [1.54, 1.807) is 31.4 Å². The molecule has 4 rings (SSSR count). The fourth-order valence-corrected chi connectivity index (χ4v) is 4.30. The lowest BCUT2D eigenvalue weighted by molar-refractivity contribution is 0.0951. The molecule has 3 aromatic carbocycles. The summed E-state index contributed by atoms with van der Waals surface area (Å²) in [6, 6.07) is 25.8. The van der Waals surface area contributed by atoms with E-state index in [-0.39, 0.29) is 5.91 Å². The highest BCUT2D eigenvalue weighted by molar-refractivity contribution is 5.94. The second-order valence-corrected chi connectivity index (χ2v) is 8.51. The Morgan fingerprint density at radius 1 is 0.970 bits per heavy atom. The van der Waals surface area contributed by atoms with Gasteiger partial charge in [0.15, 0.2) is 0 Å². The van der Waals surface area contributed by atoms with Gasteiger partial charge in [-0.05, 0) is 84.9 Å². The van der Waals surface area contributed by atoms with Crippen molar-refractivity contribution in [2.24, 2.45) is 0 Å². The van der Waals surface area contributed by atoms with Crippen molar-refractivity contribution in [3.8, 4) is 11.8 Å². The van der Waals surface area contributed by atoms with E-state index in [9.17, 15) is 4.79 Å². The zero-order valence-corrected chi connectivity index (χ0v) is 19.0. The summed E-state index contributed by atoms with van der Waals surface area (Å²) in [5, 5.41) is 11.9. The molecule has 1 aliphatic heterocycles. The van der Waals surface area contributed by atoms with Crippen molar-refractivity contribution >= 4 is 5.91 Å². The second-order valence-electron chi connectivity index (χ2n) is 8.51. The molecule has 0 bridgehead atoms. The summed E-state index contributed by atoms with van der Waals surface area (Å²) in [6.07, 6.45) is 2.29. The summed E-state index contributed by atoms with van der Waals surface area (Å²) in [6.45, 7) is 3.59. The largest absolute Gasteiger partial charge is 0.497 e. The number of carbonyl (C=O) groups is 1. The van der Waals surface area contributed by atoms with Crippen molar-refractivity contribution in [3.05, 3.63) is 101 Å². The molecule has 5 heteroatoms.